The van der Waals surface area contributed by atoms with Gasteiger partial charge in [0.05, 0.1) is 31.7 Å². The molecule has 0 spiro atoms. The number of rotatable bonds is 5. The van der Waals surface area contributed by atoms with Gasteiger partial charge in [-0.3, -0.25) is 9.59 Å². The molecule has 30 heavy (non-hydrogen) atoms. The number of benzene rings is 1. The lowest BCUT2D eigenvalue weighted by Crippen LogP contribution is -2.39. The number of alkyl halides is 2. The van der Waals surface area contributed by atoms with Crippen molar-refractivity contribution in [3.8, 4) is 0 Å². The Bertz CT molecular complexity index is 942. The molecule has 2 saturated heterocycles. The normalized spacial score (nSPS) is 20.7. The van der Waals surface area contributed by atoms with Crippen LogP contribution in [0.2, 0.25) is 0 Å². The van der Waals surface area contributed by atoms with Crippen molar-refractivity contribution in [3.63, 3.8) is 0 Å². The van der Waals surface area contributed by atoms with E-state index in [2.05, 4.69) is 10.3 Å². The molecule has 3 heterocycles. The van der Waals surface area contributed by atoms with E-state index in [0.717, 1.165) is 17.7 Å². The van der Waals surface area contributed by atoms with Crippen LogP contribution >= 0.6 is 0 Å². The smallest absolute Gasteiger partial charge is 0.276 e. The van der Waals surface area contributed by atoms with E-state index in [1.54, 1.807) is 11.0 Å². The molecule has 0 saturated carbocycles. The molecule has 1 aromatic heterocycles. The highest BCUT2D eigenvalue weighted by atomic mass is 19.3. The fraction of sp³-hybridized carbons (Fsp3) is 0.500. The van der Waals surface area contributed by atoms with Crippen molar-refractivity contribution in [2.24, 2.45) is 0 Å². The molecule has 2 aliphatic rings. The average molecular weight is 421 g/mol. The lowest BCUT2D eigenvalue weighted by molar-refractivity contribution is -0.132. The standard InChI is InChI=1S/C20H22F3N5O2/c21-15-5-3-4-14(8-15)9-18(29)28-13-20(22,23)10-16(28)11-27-12-17(24-25-27)19(30)26-6-1-2-7-26/h3-5,8,12,16H,1-2,6-7,9-11,13H2/t16-/m0/s1. The minimum atomic E-state index is -3.02. The number of carbonyl (C=O) groups excluding carboxylic acids is 2. The van der Waals surface area contributed by atoms with E-state index in [1.165, 1.54) is 29.1 Å². The van der Waals surface area contributed by atoms with E-state index in [-0.39, 0.29) is 24.6 Å². The second kappa shape index (κ2) is 8.08. The molecule has 1 aromatic carbocycles. The van der Waals surface area contributed by atoms with Crippen LogP contribution in [0.5, 0.6) is 0 Å². The Balaban J connectivity index is 1.45. The zero-order chi connectivity index (χ0) is 21.3. The van der Waals surface area contributed by atoms with Crippen molar-refractivity contribution < 1.29 is 22.8 Å². The third-order valence-corrected chi connectivity index (χ3v) is 5.49. The van der Waals surface area contributed by atoms with E-state index in [0.29, 0.717) is 18.7 Å². The number of hydrogen-bond acceptors (Lipinski definition) is 4. The summed E-state index contributed by atoms with van der Waals surface area (Å²) in [5, 5.41) is 7.77. The summed E-state index contributed by atoms with van der Waals surface area (Å²) in [4.78, 5) is 27.9. The summed E-state index contributed by atoms with van der Waals surface area (Å²) in [5.74, 6) is -4.23. The van der Waals surface area contributed by atoms with Crippen LogP contribution < -0.4 is 0 Å². The molecule has 2 aliphatic heterocycles. The fourth-order valence-corrected chi connectivity index (χ4v) is 4.06. The first-order valence-corrected chi connectivity index (χ1v) is 9.92. The van der Waals surface area contributed by atoms with Crippen LogP contribution in [0.25, 0.3) is 0 Å². The Hall–Kier alpha value is -2.91. The molecule has 4 rings (SSSR count). The van der Waals surface area contributed by atoms with Gasteiger partial charge in [0.2, 0.25) is 5.91 Å². The molecule has 10 heteroatoms. The van der Waals surface area contributed by atoms with Gasteiger partial charge < -0.3 is 9.80 Å². The molecule has 0 radical (unpaired) electrons. The zero-order valence-electron chi connectivity index (χ0n) is 16.3. The van der Waals surface area contributed by atoms with Gasteiger partial charge in [-0.15, -0.1) is 5.10 Å². The molecule has 2 aromatic rings. The number of halogens is 3. The quantitative estimate of drug-likeness (QED) is 0.742. The topological polar surface area (TPSA) is 71.3 Å². The Morgan fingerprint density at radius 3 is 2.70 bits per heavy atom. The summed E-state index contributed by atoms with van der Waals surface area (Å²) in [6, 6.07) is 4.74. The van der Waals surface area contributed by atoms with E-state index in [1.807, 2.05) is 0 Å². The number of nitrogens with zero attached hydrogens (tertiary/aromatic N) is 5. The lowest BCUT2D eigenvalue weighted by atomic mass is 10.1. The number of carbonyl (C=O) groups is 2. The van der Waals surface area contributed by atoms with E-state index in [4.69, 9.17) is 0 Å². The van der Waals surface area contributed by atoms with Gasteiger partial charge in [-0.1, -0.05) is 17.3 Å². The first-order valence-electron chi connectivity index (χ1n) is 9.92. The highest BCUT2D eigenvalue weighted by Gasteiger charge is 2.47. The predicted molar refractivity (Wildman–Crippen MR) is 100 cm³/mol. The first kappa shape index (κ1) is 20.4. The molecule has 2 fully saturated rings. The zero-order valence-corrected chi connectivity index (χ0v) is 16.3. The minimum Gasteiger partial charge on any atom is -0.337 e. The van der Waals surface area contributed by atoms with Gasteiger partial charge in [-0.25, -0.2) is 17.9 Å². The van der Waals surface area contributed by atoms with Crippen molar-refractivity contribution in [2.75, 3.05) is 19.6 Å². The Kier molecular flexibility index (Phi) is 5.48. The van der Waals surface area contributed by atoms with Crippen LogP contribution in [-0.2, 0) is 17.8 Å². The van der Waals surface area contributed by atoms with E-state index in [9.17, 15) is 22.8 Å². The molecule has 0 bridgehead atoms. The Labute approximate surface area is 171 Å². The largest absolute Gasteiger partial charge is 0.337 e. The van der Waals surface area contributed by atoms with Crippen molar-refractivity contribution >= 4 is 11.8 Å². The maximum atomic E-state index is 14.1. The summed E-state index contributed by atoms with van der Waals surface area (Å²) < 4.78 is 42.9. The molecule has 0 unspecified atom stereocenters. The molecule has 0 N–H and O–H groups in total. The lowest BCUT2D eigenvalue weighted by Gasteiger charge is -2.23. The van der Waals surface area contributed by atoms with Crippen molar-refractivity contribution in [1.29, 1.82) is 0 Å². The fourth-order valence-electron chi connectivity index (χ4n) is 4.06. The maximum Gasteiger partial charge on any atom is 0.276 e. The van der Waals surface area contributed by atoms with Crippen molar-refractivity contribution in [3.05, 3.63) is 47.5 Å². The number of amides is 2. The van der Waals surface area contributed by atoms with Crippen LogP contribution in [0, 0.1) is 5.82 Å². The van der Waals surface area contributed by atoms with Gasteiger partial charge in [0.15, 0.2) is 5.69 Å². The van der Waals surface area contributed by atoms with Gasteiger partial charge >= 0.3 is 0 Å². The third-order valence-electron chi connectivity index (χ3n) is 5.49. The van der Waals surface area contributed by atoms with Gasteiger partial charge in [-0.05, 0) is 30.5 Å². The molecule has 1 atom stereocenters. The molecule has 160 valence electrons. The second-order valence-corrected chi connectivity index (χ2v) is 7.87. The highest BCUT2D eigenvalue weighted by molar-refractivity contribution is 5.92. The first-order chi connectivity index (χ1) is 14.3. The predicted octanol–water partition coefficient (Wildman–Crippen LogP) is 2.13. The van der Waals surface area contributed by atoms with E-state index >= 15 is 0 Å². The van der Waals surface area contributed by atoms with Gasteiger partial charge in [0.25, 0.3) is 11.8 Å². The van der Waals surface area contributed by atoms with E-state index < -0.39 is 36.7 Å². The molecular formula is C20H22F3N5O2. The van der Waals surface area contributed by atoms with Crippen molar-refractivity contribution in [2.45, 2.75) is 44.2 Å². The molecule has 7 nitrogen and oxygen atoms in total. The summed E-state index contributed by atoms with van der Waals surface area (Å²) >= 11 is 0. The van der Waals surface area contributed by atoms with Crippen LogP contribution in [0.3, 0.4) is 0 Å². The summed E-state index contributed by atoms with van der Waals surface area (Å²) in [7, 11) is 0. The number of likely N-dealkylation sites (tertiary alicyclic amines) is 2. The van der Waals surface area contributed by atoms with Gasteiger partial charge in [-0.2, -0.15) is 0 Å². The maximum absolute atomic E-state index is 14.1. The highest BCUT2D eigenvalue weighted by Crippen LogP contribution is 2.33. The molecule has 0 aliphatic carbocycles. The SMILES string of the molecule is O=C(c1cn(C[C@@H]2CC(F)(F)CN2C(=O)Cc2cccc(F)c2)nn1)N1CCCC1. The second-order valence-electron chi connectivity index (χ2n) is 7.87. The van der Waals surface area contributed by atoms with Crippen LogP contribution in [0.15, 0.2) is 30.5 Å². The van der Waals surface area contributed by atoms with Crippen LogP contribution in [0.1, 0.15) is 35.3 Å². The Morgan fingerprint density at radius 2 is 1.97 bits per heavy atom. The minimum absolute atomic E-state index is 0.00472. The van der Waals surface area contributed by atoms with Crippen LogP contribution in [-0.4, -0.2) is 68.2 Å². The van der Waals surface area contributed by atoms with Crippen LogP contribution in [0.4, 0.5) is 13.2 Å². The van der Waals surface area contributed by atoms with Gasteiger partial charge in [0, 0.05) is 19.5 Å². The third kappa shape index (κ3) is 4.47. The Morgan fingerprint density at radius 1 is 1.20 bits per heavy atom. The number of hydrogen-bond donors (Lipinski definition) is 0. The summed E-state index contributed by atoms with van der Waals surface area (Å²) in [6.45, 7) is 0.649. The monoisotopic (exact) mass is 421 g/mol. The van der Waals surface area contributed by atoms with Crippen molar-refractivity contribution in [1.82, 2.24) is 24.8 Å². The molecule has 2 amide bonds. The summed E-state index contributed by atoms with van der Waals surface area (Å²) in [5.41, 5.74) is 0.590. The molecular weight excluding hydrogens is 399 g/mol. The number of aromatic nitrogens is 3. The average Bonchev–Trinajstić information content (AvgIpc) is 3.42. The summed E-state index contributed by atoms with van der Waals surface area (Å²) in [6.07, 6.45) is 2.66. The van der Waals surface area contributed by atoms with Gasteiger partial charge in [0.1, 0.15) is 5.82 Å².